The number of halogens is 3. The van der Waals surface area contributed by atoms with Gasteiger partial charge in [-0.2, -0.15) is 0 Å². The molecule has 0 fully saturated rings. The third-order valence-corrected chi connectivity index (χ3v) is 8.57. The molecule has 0 amide bonds. The zero-order valence-corrected chi connectivity index (χ0v) is 19.4. The number of hydrogen-bond donors (Lipinski definition) is 0. The summed E-state index contributed by atoms with van der Waals surface area (Å²) in [5.74, 6) is 0. The predicted octanol–water partition coefficient (Wildman–Crippen LogP) is -4.99. The van der Waals surface area contributed by atoms with E-state index in [1.807, 2.05) is 0 Å². The minimum atomic E-state index is -0.243. The first-order valence-corrected chi connectivity index (χ1v) is 10.1. The Bertz CT molecular complexity index is 526. The zero-order chi connectivity index (χ0) is 14.5. The number of benzene rings is 1. The van der Waals surface area contributed by atoms with Crippen LogP contribution in [0.2, 0.25) is 5.54 Å². The van der Waals surface area contributed by atoms with Crippen LogP contribution in [-0.2, 0) is 20.4 Å². The van der Waals surface area contributed by atoms with Gasteiger partial charge in [-0.1, -0.05) is 0 Å². The Labute approximate surface area is 174 Å². The molecule has 0 aliphatic heterocycles. The molecule has 0 nitrogen and oxygen atoms in total. The van der Waals surface area contributed by atoms with E-state index in [4.69, 9.17) is 0 Å². The molecule has 1 aliphatic rings. The molecule has 5 heteroatoms. The molecule has 0 aromatic heterocycles. The minimum Gasteiger partial charge on any atom is -1.00 e. The van der Waals surface area contributed by atoms with Gasteiger partial charge in [0.05, 0.1) is 0 Å². The monoisotopic (exact) mass is 422 g/mol. The molecule has 1 aliphatic carbocycles. The Kier molecular flexibility index (Phi) is 14.3. The number of rotatable bonds is 6. The maximum atomic E-state index is 2.37. The van der Waals surface area contributed by atoms with Gasteiger partial charge < -0.3 is 37.2 Å². The van der Waals surface area contributed by atoms with Gasteiger partial charge in [-0.05, 0) is 0 Å². The molecule has 0 heterocycles. The first kappa shape index (κ1) is 25.7. The molecule has 0 saturated heterocycles. The van der Waals surface area contributed by atoms with E-state index < -0.39 is 0 Å². The van der Waals surface area contributed by atoms with Crippen LogP contribution in [0.15, 0.2) is 50.9 Å². The summed E-state index contributed by atoms with van der Waals surface area (Å²) in [6.45, 7) is 6.96. The van der Waals surface area contributed by atoms with Crippen molar-refractivity contribution in [2.24, 2.45) is 0 Å². The number of unbranched alkanes of at least 4 members (excludes halogenated alkanes) is 2. The van der Waals surface area contributed by atoms with Gasteiger partial charge in [-0.15, -0.1) is 0 Å². The zero-order valence-electron chi connectivity index (χ0n) is 14.1. The molecule has 1 aromatic carbocycles. The molecule has 23 heavy (non-hydrogen) atoms. The average molecular weight is 424 g/mol. The molecule has 0 bridgehead atoms. The van der Waals surface area contributed by atoms with E-state index in [2.05, 4.69) is 71.5 Å². The van der Waals surface area contributed by atoms with Crippen molar-refractivity contribution in [2.75, 3.05) is 0 Å². The van der Waals surface area contributed by atoms with E-state index in [9.17, 15) is 0 Å². The van der Waals surface area contributed by atoms with E-state index >= 15 is 0 Å². The maximum absolute atomic E-state index is 2.37. The molecule has 0 N–H and O–H groups in total. The smallest absolute Gasteiger partial charge is 1.00 e. The van der Waals surface area contributed by atoms with Crippen LogP contribution in [0, 0.1) is 0 Å². The van der Waals surface area contributed by atoms with Crippen molar-refractivity contribution in [2.45, 2.75) is 52.0 Å². The van der Waals surface area contributed by atoms with Crippen molar-refractivity contribution in [1.29, 1.82) is 0 Å². The summed E-state index contributed by atoms with van der Waals surface area (Å²) in [5.41, 5.74) is 5.73. The molecule has 2 rings (SSSR count). The van der Waals surface area contributed by atoms with Gasteiger partial charge in [0.2, 0.25) is 0 Å². The molecular formula is C18H25Cl3SiTi. The summed E-state index contributed by atoms with van der Waals surface area (Å²) in [5, 5.41) is 1.60. The molecule has 1 unspecified atom stereocenters. The van der Waals surface area contributed by atoms with Gasteiger partial charge in [0.1, 0.15) is 0 Å². The van der Waals surface area contributed by atoms with Gasteiger partial charge >= 0.3 is 138 Å². The summed E-state index contributed by atoms with van der Waals surface area (Å²) in [7, 11) is -0.243. The first-order valence-electron chi connectivity index (χ1n) is 7.81. The molecule has 126 valence electrons. The van der Waals surface area contributed by atoms with Crippen LogP contribution < -0.4 is 42.4 Å². The molecular weight excluding hydrogens is 399 g/mol. The predicted molar refractivity (Wildman–Crippen MR) is 87.9 cm³/mol. The van der Waals surface area contributed by atoms with Crippen molar-refractivity contribution in [1.82, 2.24) is 0 Å². The number of hydrogen-bond acceptors (Lipinski definition) is 0. The average Bonchev–Trinajstić information content (AvgIpc) is 2.66. The van der Waals surface area contributed by atoms with Crippen molar-refractivity contribution in [3.8, 4) is 0 Å². The fraction of sp³-hybridized carbons (Fsp3) is 0.444. The Morgan fingerprint density at radius 2 is 1.57 bits per heavy atom. The fourth-order valence-corrected chi connectivity index (χ4v) is 6.47. The van der Waals surface area contributed by atoms with Crippen LogP contribution in [0.3, 0.4) is 0 Å². The molecule has 0 spiro atoms. The molecule has 0 saturated carbocycles. The summed E-state index contributed by atoms with van der Waals surface area (Å²) in [6, 6.07) is 11.2. The summed E-state index contributed by atoms with van der Waals surface area (Å²) < 4.78 is 1.66. The van der Waals surface area contributed by atoms with E-state index in [1.165, 1.54) is 25.7 Å². The molecule has 1 aromatic rings. The second kappa shape index (κ2) is 12.8. The van der Waals surface area contributed by atoms with Crippen LogP contribution in [0.25, 0.3) is 0 Å². The Balaban J connectivity index is 0. The van der Waals surface area contributed by atoms with Crippen molar-refractivity contribution >= 4 is 14.7 Å². The Hall–Kier alpha value is 0.501. The maximum Gasteiger partial charge on any atom is -1.00 e. The largest absolute Gasteiger partial charge is 1.00 e. The second-order valence-corrected chi connectivity index (χ2v) is 8.77. The van der Waals surface area contributed by atoms with E-state index in [0.717, 1.165) is 5.54 Å². The van der Waals surface area contributed by atoms with Gasteiger partial charge in [-0.25, -0.2) is 0 Å². The standard InChI is InChI=1S/C18H25Si.3ClH.Ti/c1-4-5-7-12-17-15(3)14(2)13-18(17)19-16-10-8-6-9-11-16;;;;/h6,8-11,18H,4-5,7,12,19H2,1-3H3;3*1H;/q;;;;+3/p-3. The van der Waals surface area contributed by atoms with E-state index in [1.54, 1.807) is 25.8 Å². The summed E-state index contributed by atoms with van der Waals surface area (Å²) >= 11 is 2.37. The second-order valence-electron chi connectivity index (χ2n) is 5.89. The van der Waals surface area contributed by atoms with Crippen LogP contribution in [-0.4, -0.2) is 9.52 Å². The molecule has 0 radical (unpaired) electrons. The Morgan fingerprint density at radius 1 is 0.957 bits per heavy atom. The van der Waals surface area contributed by atoms with E-state index in [-0.39, 0.29) is 46.7 Å². The van der Waals surface area contributed by atoms with Gasteiger partial charge in [0, 0.05) is 0 Å². The first-order chi connectivity index (χ1) is 9.65. The third kappa shape index (κ3) is 6.72. The van der Waals surface area contributed by atoms with Crippen LogP contribution in [0.1, 0.15) is 46.5 Å². The third-order valence-electron chi connectivity index (χ3n) is 4.55. The SMILES string of the molecule is CCCCCC1=C(C)C(C)=[C]([Ti+3])C1[SiH2]c1ccccc1.[Cl-].[Cl-].[Cl-]. The minimum absolute atomic E-state index is 0. The van der Waals surface area contributed by atoms with Gasteiger partial charge in [-0.3, -0.25) is 0 Å². The summed E-state index contributed by atoms with van der Waals surface area (Å²) in [4.78, 5) is 0. The topological polar surface area (TPSA) is 0 Å². The molecule has 1 atom stereocenters. The normalized spacial score (nSPS) is 17.2. The quantitative estimate of drug-likeness (QED) is 0.318. The van der Waals surface area contributed by atoms with Crippen molar-refractivity contribution in [3.05, 3.63) is 50.9 Å². The van der Waals surface area contributed by atoms with Gasteiger partial charge in [0.25, 0.3) is 0 Å². The fourth-order valence-electron chi connectivity index (χ4n) is 3.14. The van der Waals surface area contributed by atoms with E-state index in [0.29, 0.717) is 0 Å². The number of allylic oxidation sites excluding steroid dienone is 4. The Morgan fingerprint density at radius 3 is 2.13 bits per heavy atom. The summed E-state index contributed by atoms with van der Waals surface area (Å²) in [6.07, 6.45) is 5.37. The van der Waals surface area contributed by atoms with Crippen molar-refractivity contribution in [3.63, 3.8) is 0 Å². The van der Waals surface area contributed by atoms with Crippen LogP contribution in [0.4, 0.5) is 0 Å². The van der Waals surface area contributed by atoms with Crippen molar-refractivity contribution < 1.29 is 57.7 Å². The van der Waals surface area contributed by atoms with Crippen LogP contribution in [0.5, 0.6) is 0 Å². The van der Waals surface area contributed by atoms with Gasteiger partial charge in [0.15, 0.2) is 0 Å². The van der Waals surface area contributed by atoms with Crippen LogP contribution >= 0.6 is 0 Å².